The van der Waals surface area contributed by atoms with E-state index in [1.807, 2.05) is 0 Å². The fraction of sp³-hybridized carbons (Fsp3) is 0.571. The summed E-state index contributed by atoms with van der Waals surface area (Å²) in [4.78, 5) is 0. The molecule has 0 radical (unpaired) electrons. The van der Waals surface area contributed by atoms with Crippen LogP contribution in [-0.4, -0.2) is 36.9 Å². The van der Waals surface area contributed by atoms with Gasteiger partial charge in [0.05, 0.1) is 5.44 Å². The second kappa shape index (κ2) is 3.11. The van der Waals surface area contributed by atoms with E-state index in [2.05, 4.69) is 10.2 Å². The fourth-order valence-corrected chi connectivity index (χ4v) is 2.41. The number of aromatic nitrogens is 2. The molecular formula is C7H14N2O2P2. The van der Waals surface area contributed by atoms with Gasteiger partial charge >= 0.3 is 0 Å². The maximum Gasteiger partial charge on any atom is 0.129 e. The van der Waals surface area contributed by atoms with Gasteiger partial charge in [-0.05, 0) is 32.7 Å². The molecule has 0 atom stereocenters. The van der Waals surface area contributed by atoms with Crippen molar-refractivity contribution in [3.63, 3.8) is 0 Å². The summed E-state index contributed by atoms with van der Waals surface area (Å²) in [6.07, 6.45) is 0. The summed E-state index contributed by atoms with van der Waals surface area (Å²) in [5.41, 5.74) is 1.11. The van der Waals surface area contributed by atoms with Gasteiger partial charge in [-0.25, -0.2) is 0 Å². The van der Waals surface area contributed by atoms with Gasteiger partial charge in [0.1, 0.15) is 19.7 Å². The number of hydrogen-bond acceptors (Lipinski definition) is 3. The molecule has 0 saturated heterocycles. The van der Waals surface area contributed by atoms with Gasteiger partial charge in [0.25, 0.3) is 0 Å². The van der Waals surface area contributed by atoms with Crippen LogP contribution in [0.3, 0.4) is 0 Å². The van der Waals surface area contributed by atoms with E-state index < -0.39 is 14.3 Å². The zero-order valence-corrected chi connectivity index (χ0v) is 10.0. The molecule has 6 heteroatoms. The van der Waals surface area contributed by atoms with Crippen molar-refractivity contribution < 1.29 is 9.13 Å². The van der Waals surface area contributed by atoms with Gasteiger partial charge in [-0.15, -0.1) is 0 Å². The monoisotopic (exact) mass is 220 g/mol. The van der Waals surface area contributed by atoms with Crippen molar-refractivity contribution in [2.75, 3.05) is 26.7 Å². The van der Waals surface area contributed by atoms with E-state index in [1.165, 1.54) is 0 Å². The van der Waals surface area contributed by atoms with E-state index in [4.69, 9.17) is 0 Å². The van der Waals surface area contributed by atoms with Gasteiger partial charge in [-0.3, -0.25) is 5.10 Å². The third-order valence-electron chi connectivity index (χ3n) is 1.68. The summed E-state index contributed by atoms with van der Waals surface area (Å²) in [5, 5.41) is 6.56. The normalized spacial score (nSPS) is 13.2. The minimum absolute atomic E-state index is 0.520. The molecule has 0 spiro atoms. The molecule has 4 nitrogen and oxygen atoms in total. The number of nitrogens with one attached hydrogen (secondary N) is 1. The summed E-state index contributed by atoms with van der Waals surface area (Å²) < 4.78 is 23.2. The van der Waals surface area contributed by atoms with Crippen LogP contribution in [0.25, 0.3) is 0 Å². The molecule has 74 valence electrons. The molecule has 0 aliphatic heterocycles. The number of hydrogen-bond donors (Lipinski definition) is 1. The van der Waals surface area contributed by atoms with Crippen LogP contribution in [-0.2, 0) is 9.13 Å². The molecule has 0 saturated carbocycles. The van der Waals surface area contributed by atoms with Crippen LogP contribution in [0.1, 0.15) is 0 Å². The van der Waals surface area contributed by atoms with Crippen LogP contribution in [0, 0.1) is 0 Å². The first kappa shape index (κ1) is 10.7. The Balaban J connectivity index is 3.16. The minimum atomic E-state index is -2.33. The van der Waals surface area contributed by atoms with Gasteiger partial charge in [-0.2, -0.15) is 5.10 Å². The number of aromatic amines is 1. The van der Waals surface area contributed by atoms with Crippen LogP contribution in [0.15, 0.2) is 6.07 Å². The topological polar surface area (TPSA) is 62.8 Å². The quantitative estimate of drug-likeness (QED) is 0.753. The Hall–Kier alpha value is -0.330. The van der Waals surface area contributed by atoms with Crippen molar-refractivity contribution in [1.29, 1.82) is 0 Å². The maximum atomic E-state index is 11.6. The Kier molecular flexibility index (Phi) is 2.57. The average molecular weight is 220 g/mol. The predicted molar refractivity (Wildman–Crippen MR) is 56.8 cm³/mol. The zero-order valence-electron chi connectivity index (χ0n) is 8.24. The van der Waals surface area contributed by atoms with Gasteiger partial charge in [-0.1, -0.05) is 0 Å². The number of H-pyrrole nitrogens is 1. The largest absolute Gasteiger partial charge is 0.318 e. The molecule has 1 N–H and O–H groups in total. The lowest BCUT2D eigenvalue weighted by Crippen LogP contribution is -2.05. The van der Waals surface area contributed by atoms with Crippen LogP contribution in [0.2, 0.25) is 0 Å². The van der Waals surface area contributed by atoms with E-state index in [1.54, 1.807) is 32.7 Å². The smallest absolute Gasteiger partial charge is 0.129 e. The van der Waals surface area contributed by atoms with E-state index in [9.17, 15) is 9.13 Å². The molecule has 1 rings (SSSR count). The molecule has 1 heterocycles. The highest BCUT2D eigenvalue weighted by molar-refractivity contribution is 7.71. The van der Waals surface area contributed by atoms with Crippen molar-refractivity contribution in [2.45, 2.75) is 0 Å². The lowest BCUT2D eigenvalue weighted by molar-refractivity contribution is 0.586. The average Bonchev–Trinajstić information content (AvgIpc) is 2.28. The molecule has 0 bridgehead atoms. The molecule has 0 aromatic carbocycles. The van der Waals surface area contributed by atoms with E-state index in [-0.39, 0.29) is 0 Å². The SMILES string of the molecule is CP(C)(=O)c1cc(P(C)(C)=O)[nH]n1. The van der Waals surface area contributed by atoms with Crippen molar-refractivity contribution in [1.82, 2.24) is 10.2 Å². The van der Waals surface area contributed by atoms with E-state index >= 15 is 0 Å². The number of rotatable bonds is 2. The first-order valence-electron chi connectivity index (χ1n) is 3.88. The Labute approximate surface area is 77.9 Å². The van der Waals surface area contributed by atoms with Gasteiger partial charge in [0.2, 0.25) is 0 Å². The first-order valence-corrected chi connectivity index (χ1v) is 9.08. The summed E-state index contributed by atoms with van der Waals surface area (Å²) in [6, 6.07) is 1.64. The molecule has 0 aliphatic rings. The predicted octanol–water partition coefficient (Wildman–Crippen LogP) is 0.906. The summed E-state index contributed by atoms with van der Waals surface area (Å²) in [5.74, 6) is 0. The third kappa shape index (κ3) is 2.55. The Morgan fingerprint density at radius 1 is 1.15 bits per heavy atom. The minimum Gasteiger partial charge on any atom is -0.318 e. The molecule has 0 fully saturated rings. The highest BCUT2D eigenvalue weighted by Crippen LogP contribution is 2.37. The summed E-state index contributed by atoms with van der Waals surface area (Å²) in [7, 11) is -4.64. The van der Waals surface area contributed by atoms with Crippen LogP contribution in [0.5, 0.6) is 0 Å². The Morgan fingerprint density at radius 3 is 1.92 bits per heavy atom. The summed E-state index contributed by atoms with van der Waals surface area (Å²) in [6.45, 7) is 6.59. The molecule has 1 aromatic heterocycles. The zero-order chi connectivity index (χ0) is 10.3. The Morgan fingerprint density at radius 2 is 1.69 bits per heavy atom. The second-order valence-corrected chi connectivity index (χ2v) is 10.2. The van der Waals surface area contributed by atoms with Crippen LogP contribution >= 0.6 is 14.3 Å². The fourth-order valence-electron chi connectivity index (χ4n) is 0.853. The lowest BCUT2D eigenvalue weighted by Gasteiger charge is -2.01. The molecule has 13 heavy (non-hydrogen) atoms. The highest BCUT2D eigenvalue weighted by atomic mass is 31.2. The third-order valence-corrected chi connectivity index (χ3v) is 4.40. The van der Waals surface area contributed by atoms with Crippen LogP contribution in [0.4, 0.5) is 0 Å². The molecule has 1 aromatic rings. The molecule has 0 amide bonds. The number of nitrogens with zero attached hydrogens (tertiary/aromatic N) is 1. The first-order chi connectivity index (χ1) is 5.71. The molecule has 0 aliphatic carbocycles. The Bertz CT molecular complexity index is 362. The van der Waals surface area contributed by atoms with Crippen molar-refractivity contribution in [3.8, 4) is 0 Å². The van der Waals surface area contributed by atoms with Crippen molar-refractivity contribution in [3.05, 3.63) is 6.07 Å². The lowest BCUT2D eigenvalue weighted by atomic mass is 10.7. The molecule has 0 unspecified atom stereocenters. The standard InChI is InChI=1S/C7H14N2O2P2/c1-12(2,10)6-5-7(9-8-6)13(3,4)11/h5H,1-4H3,(H,8,9). The van der Waals surface area contributed by atoms with E-state index in [0.717, 1.165) is 0 Å². The van der Waals surface area contributed by atoms with Gasteiger partial charge < -0.3 is 9.13 Å². The van der Waals surface area contributed by atoms with Gasteiger partial charge in [0, 0.05) is 0 Å². The molecular weight excluding hydrogens is 206 g/mol. The van der Waals surface area contributed by atoms with E-state index in [0.29, 0.717) is 10.9 Å². The van der Waals surface area contributed by atoms with Crippen LogP contribution < -0.4 is 10.9 Å². The maximum absolute atomic E-state index is 11.6. The second-order valence-electron chi connectivity index (χ2n) is 3.81. The van der Waals surface area contributed by atoms with Crippen molar-refractivity contribution >= 4 is 25.2 Å². The van der Waals surface area contributed by atoms with Crippen molar-refractivity contribution in [2.24, 2.45) is 0 Å². The van der Waals surface area contributed by atoms with Gasteiger partial charge in [0.15, 0.2) is 0 Å². The summed E-state index contributed by atoms with van der Waals surface area (Å²) >= 11 is 0. The highest BCUT2D eigenvalue weighted by Gasteiger charge is 2.20.